The summed E-state index contributed by atoms with van der Waals surface area (Å²) in [5.74, 6) is -1.02. The fraction of sp³-hybridized carbons (Fsp3) is 0.615. The van der Waals surface area contributed by atoms with E-state index in [1.165, 1.54) is 13.8 Å². The van der Waals surface area contributed by atoms with Crippen LogP contribution in [0.3, 0.4) is 0 Å². The highest BCUT2D eigenvalue weighted by Gasteiger charge is 2.32. The summed E-state index contributed by atoms with van der Waals surface area (Å²) in [6.07, 6.45) is 0.620. The van der Waals surface area contributed by atoms with Crippen molar-refractivity contribution in [2.45, 2.75) is 52.0 Å². The largest absolute Gasteiger partial charge is 0.478 e. The molecule has 6 nitrogen and oxygen atoms in total. The first-order valence-corrected chi connectivity index (χ1v) is 7.95. The highest BCUT2D eigenvalue weighted by molar-refractivity contribution is 7.89. The number of furan rings is 1. The second-order valence-corrected chi connectivity index (χ2v) is 6.75. The number of aromatic carboxylic acids is 1. The smallest absolute Gasteiger partial charge is 0.340 e. The molecule has 0 fully saturated rings. The van der Waals surface area contributed by atoms with Crippen molar-refractivity contribution in [1.82, 2.24) is 4.72 Å². The lowest BCUT2D eigenvalue weighted by Crippen LogP contribution is -2.38. The molecule has 7 heteroatoms. The number of hydrogen-bond donors (Lipinski definition) is 2. The average Bonchev–Trinajstić information content (AvgIpc) is 2.61. The third-order valence-corrected chi connectivity index (χ3v) is 4.88. The van der Waals surface area contributed by atoms with Crippen molar-refractivity contribution in [3.63, 3.8) is 0 Å². The quantitative estimate of drug-likeness (QED) is 0.840. The van der Waals surface area contributed by atoms with Crippen molar-refractivity contribution >= 4 is 16.0 Å². The molecule has 0 aromatic carbocycles. The van der Waals surface area contributed by atoms with Gasteiger partial charge in [-0.15, -0.1) is 0 Å². The van der Waals surface area contributed by atoms with E-state index in [1.807, 2.05) is 20.8 Å². The van der Waals surface area contributed by atoms with Gasteiger partial charge in [0.05, 0.1) is 0 Å². The zero-order valence-electron chi connectivity index (χ0n) is 12.4. The maximum absolute atomic E-state index is 12.4. The van der Waals surface area contributed by atoms with E-state index in [2.05, 4.69) is 4.72 Å². The Morgan fingerprint density at radius 1 is 1.30 bits per heavy atom. The van der Waals surface area contributed by atoms with E-state index in [1.54, 1.807) is 0 Å². The van der Waals surface area contributed by atoms with Crippen LogP contribution in [0.1, 0.15) is 49.1 Å². The topological polar surface area (TPSA) is 96.6 Å². The predicted octanol–water partition coefficient (Wildman–Crippen LogP) is 2.31. The lowest BCUT2D eigenvalue weighted by molar-refractivity contribution is 0.0691. The number of rotatable bonds is 6. The second kappa shape index (κ2) is 5.97. The molecule has 0 aliphatic carbocycles. The minimum absolute atomic E-state index is 0.0889. The Kier molecular flexibility index (Phi) is 4.99. The van der Waals surface area contributed by atoms with Crippen molar-refractivity contribution in [3.8, 4) is 0 Å². The Balaban J connectivity index is 3.33. The molecule has 0 aliphatic rings. The number of sulfonamides is 1. The van der Waals surface area contributed by atoms with Crippen LogP contribution in [0.5, 0.6) is 0 Å². The zero-order valence-corrected chi connectivity index (χ0v) is 13.2. The number of carboxylic acids is 1. The summed E-state index contributed by atoms with van der Waals surface area (Å²) in [6.45, 7) is 8.57. The summed E-state index contributed by atoms with van der Waals surface area (Å²) >= 11 is 0. The fourth-order valence-electron chi connectivity index (χ4n) is 2.18. The Hall–Kier alpha value is -1.34. The predicted molar refractivity (Wildman–Crippen MR) is 74.4 cm³/mol. The van der Waals surface area contributed by atoms with Crippen molar-refractivity contribution in [2.24, 2.45) is 5.92 Å². The van der Waals surface area contributed by atoms with E-state index in [4.69, 9.17) is 4.42 Å². The molecule has 114 valence electrons. The van der Waals surface area contributed by atoms with Gasteiger partial charge in [-0.1, -0.05) is 20.8 Å². The molecular formula is C13H21NO5S. The molecule has 1 heterocycles. The van der Waals surface area contributed by atoms with Gasteiger partial charge in [0.15, 0.2) is 0 Å². The van der Waals surface area contributed by atoms with E-state index < -0.39 is 16.0 Å². The van der Waals surface area contributed by atoms with E-state index >= 15 is 0 Å². The van der Waals surface area contributed by atoms with Gasteiger partial charge in [0, 0.05) is 6.04 Å². The number of hydrogen-bond acceptors (Lipinski definition) is 4. The first-order valence-electron chi connectivity index (χ1n) is 6.47. The van der Waals surface area contributed by atoms with E-state index in [0.29, 0.717) is 6.42 Å². The monoisotopic (exact) mass is 303 g/mol. The summed E-state index contributed by atoms with van der Waals surface area (Å²) in [7, 11) is -3.93. The number of aryl methyl sites for hydroxylation is 2. The summed E-state index contributed by atoms with van der Waals surface area (Å²) in [4.78, 5) is 11.0. The summed E-state index contributed by atoms with van der Waals surface area (Å²) < 4.78 is 32.6. The lowest BCUT2D eigenvalue weighted by atomic mass is 10.0. The molecule has 0 radical (unpaired) electrons. The SMILES string of the molecule is CCC(NS(=O)(=O)c1c(C)oc(C)c1C(=O)O)C(C)C. The third-order valence-electron chi connectivity index (χ3n) is 3.24. The maximum atomic E-state index is 12.4. The molecule has 0 saturated heterocycles. The molecular weight excluding hydrogens is 282 g/mol. The normalized spacial score (nSPS) is 13.7. The third kappa shape index (κ3) is 3.21. The Bertz CT molecular complexity index is 601. The Morgan fingerprint density at radius 3 is 2.25 bits per heavy atom. The molecule has 20 heavy (non-hydrogen) atoms. The first-order chi connectivity index (χ1) is 9.11. The van der Waals surface area contributed by atoms with Gasteiger partial charge in [-0.05, 0) is 26.2 Å². The van der Waals surface area contributed by atoms with Crippen LogP contribution >= 0.6 is 0 Å². The molecule has 0 amide bonds. The average molecular weight is 303 g/mol. The van der Waals surface area contributed by atoms with E-state index in [0.717, 1.165) is 0 Å². The van der Waals surface area contributed by atoms with Crippen molar-refractivity contribution in [1.29, 1.82) is 0 Å². The molecule has 0 saturated carbocycles. The molecule has 1 unspecified atom stereocenters. The van der Waals surface area contributed by atoms with Gasteiger partial charge in [0.1, 0.15) is 22.0 Å². The van der Waals surface area contributed by atoms with Gasteiger partial charge >= 0.3 is 5.97 Å². The molecule has 1 aromatic rings. The van der Waals surface area contributed by atoms with Crippen LogP contribution in [-0.4, -0.2) is 25.5 Å². The number of carbonyl (C=O) groups is 1. The number of carboxylic acid groups (broad SMARTS) is 1. The molecule has 0 spiro atoms. The van der Waals surface area contributed by atoms with Crippen LogP contribution in [0.2, 0.25) is 0 Å². The highest BCUT2D eigenvalue weighted by atomic mass is 32.2. The second-order valence-electron chi connectivity index (χ2n) is 5.10. The van der Waals surface area contributed by atoms with Gasteiger partial charge in [0.25, 0.3) is 0 Å². The standard InChI is InChI=1S/C13H21NO5S/c1-6-10(7(2)3)14-20(17,18)12-9(5)19-8(4)11(12)13(15)16/h7,10,14H,6H2,1-5H3,(H,15,16). The van der Waals surface area contributed by atoms with E-state index in [9.17, 15) is 18.3 Å². The van der Waals surface area contributed by atoms with Crippen LogP contribution in [0.15, 0.2) is 9.31 Å². The van der Waals surface area contributed by atoms with Crippen molar-refractivity contribution < 1.29 is 22.7 Å². The molecule has 0 bridgehead atoms. The summed E-state index contributed by atoms with van der Waals surface area (Å²) in [5, 5.41) is 9.17. The summed E-state index contributed by atoms with van der Waals surface area (Å²) in [6, 6.07) is -0.253. The first kappa shape index (κ1) is 16.7. The van der Waals surface area contributed by atoms with Crippen LogP contribution in [-0.2, 0) is 10.0 Å². The summed E-state index contributed by atoms with van der Waals surface area (Å²) in [5.41, 5.74) is -0.298. The fourth-order valence-corrected chi connectivity index (χ4v) is 4.06. The van der Waals surface area contributed by atoms with Gasteiger partial charge in [-0.2, -0.15) is 0 Å². The molecule has 1 rings (SSSR count). The van der Waals surface area contributed by atoms with Crippen LogP contribution in [0.25, 0.3) is 0 Å². The van der Waals surface area contributed by atoms with Gasteiger partial charge in [-0.25, -0.2) is 17.9 Å². The highest BCUT2D eigenvalue weighted by Crippen LogP contribution is 2.27. The van der Waals surface area contributed by atoms with Gasteiger partial charge in [0.2, 0.25) is 10.0 Å². The molecule has 0 aliphatic heterocycles. The maximum Gasteiger partial charge on any atom is 0.340 e. The van der Waals surface area contributed by atoms with Crippen LogP contribution in [0, 0.1) is 19.8 Å². The van der Waals surface area contributed by atoms with Crippen molar-refractivity contribution in [2.75, 3.05) is 0 Å². The Morgan fingerprint density at radius 2 is 1.85 bits per heavy atom. The van der Waals surface area contributed by atoms with Crippen molar-refractivity contribution in [3.05, 3.63) is 17.1 Å². The lowest BCUT2D eigenvalue weighted by Gasteiger charge is -2.20. The molecule has 1 aromatic heterocycles. The minimum Gasteiger partial charge on any atom is -0.478 e. The van der Waals surface area contributed by atoms with E-state index in [-0.39, 0.29) is 33.9 Å². The Labute approximate surface area is 119 Å². The minimum atomic E-state index is -3.93. The molecule has 1 atom stereocenters. The molecule has 2 N–H and O–H groups in total. The zero-order chi connectivity index (χ0) is 15.7. The van der Waals surface area contributed by atoms with Crippen LogP contribution in [0.4, 0.5) is 0 Å². The number of nitrogens with one attached hydrogen (secondary N) is 1. The van der Waals surface area contributed by atoms with Gasteiger partial charge < -0.3 is 9.52 Å². The van der Waals surface area contributed by atoms with Crippen LogP contribution < -0.4 is 4.72 Å². The van der Waals surface area contributed by atoms with Gasteiger partial charge in [-0.3, -0.25) is 0 Å².